The SMILES string of the molecule is CC(C)n1cc(Cl)cc1C(=O)NCc1cc(Br)cs1. The minimum atomic E-state index is -0.106. The highest BCUT2D eigenvalue weighted by atomic mass is 79.9. The molecule has 0 aromatic carbocycles. The lowest BCUT2D eigenvalue weighted by atomic mass is 10.3. The molecule has 1 N–H and O–H groups in total. The zero-order valence-electron chi connectivity index (χ0n) is 10.6. The van der Waals surface area contributed by atoms with Gasteiger partial charge in [0.05, 0.1) is 11.6 Å². The van der Waals surface area contributed by atoms with Crippen molar-refractivity contribution >= 4 is 44.8 Å². The van der Waals surface area contributed by atoms with Crippen LogP contribution in [0, 0.1) is 0 Å². The lowest BCUT2D eigenvalue weighted by molar-refractivity contribution is 0.0940. The molecule has 0 aliphatic rings. The lowest BCUT2D eigenvalue weighted by Crippen LogP contribution is -2.25. The molecule has 0 bridgehead atoms. The minimum absolute atomic E-state index is 0.106. The van der Waals surface area contributed by atoms with Crippen LogP contribution < -0.4 is 5.32 Å². The van der Waals surface area contributed by atoms with E-state index in [1.807, 2.05) is 29.9 Å². The second-order valence-electron chi connectivity index (χ2n) is 4.46. The number of carbonyl (C=O) groups is 1. The highest BCUT2D eigenvalue weighted by Gasteiger charge is 2.15. The largest absolute Gasteiger partial charge is 0.346 e. The van der Waals surface area contributed by atoms with E-state index in [-0.39, 0.29) is 11.9 Å². The molecule has 6 heteroatoms. The lowest BCUT2D eigenvalue weighted by Gasteiger charge is -2.12. The van der Waals surface area contributed by atoms with Crippen molar-refractivity contribution in [3.8, 4) is 0 Å². The fourth-order valence-corrected chi connectivity index (χ4v) is 3.36. The summed E-state index contributed by atoms with van der Waals surface area (Å²) < 4.78 is 2.91. The van der Waals surface area contributed by atoms with E-state index in [0.717, 1.165) is 9.35 Å². The number of nitrogens with one attached hydrogen (secondary N) is 1. The summed E-state index contributed by atoms with van der Waals surface area (Å²) in [6.07, 6.45) is 1.78. The molecule has 0 radical (unpaired) electrons. The van der Waals surface area contributed by atoms with Crippen molar-refractivity contribution in [3.05, 3.63) is 43.8 Å². The van der Waals surface area contributed by atoms with Crippen LogP contribution in [0.1, 0.15) is 35.3 Å². The Morgan fingerprint density at radius 1 is 1.53 bits per heavy atom. The maximum Gasteiger partial charge on any atom is 0.268 e. The van der Waals surface area contributed by atoms with Crippen LogP contribution >= 0.6 is 38.9 Å². The van der Waals surface area contributed by atoms with Gasteiger partial charge in [0.2, 0.25) is 0 Å². The average molecular weight is 362 g/mol. The number of hydrogen-bond donors (Lipinski definition) is 1. The molecule has 1 amide bonds. The topological polar surface area (TPSA) is 34.0 Å². The standard InChI is InChI=1S/C13H14BrClN2OS/c1-8(2)17-6-10(15)4-12(17)13(18)16-5-11-3-9(14)7-19-11/h3-4,6-8H,5H2,1-2H3,(H,16,18). The van der Waals surface area contributed by atoms with Gasteiger partial charge in [0.1, 0.15) is 5.69 Å². The summed E-state index contributed by atoms with van der Waals surface area (Å²) in [6, 6.07) is 3.89. The Morgan fingerprint density at radius 2 is 2.26 bits per heavy atom. The van der Waals surface area contributed by atoms with E-state index in [1.165, 1.54) is 0 Å². The third kappa shape index (κ3) is 3.61. The molecule has 2 aromatic rings. The van der Waals surface area contributed by atoms with E-state index in [1.54, 1.807) is 23.6 Å². The van der Waals surface area contributed by atoms with Crippen LogP contribution in [0.4, 0.5) is 0 Å². The maximum absolute atomic E-state index is 12.2. The van der Waals surface area contributed by atoms with Crippen LogP contribution in [0.2, 0.25) is 5.02 Å². The summed E-state index contributed by atoms with van der Waals surface area (Å²) in [6.45, 7) is 4.56. The molecule has 19 heavy (non-hydrogen) atoms. The van der Waals surface area contributed by atoms with E-state index in [4.69, 9.17) is 11.6 Å². The van der Waals surface area contributed by atoms with Crippen LogP contribution in [0.25, 0.3) is 0 Å². The molecule has 2 aromatic heterocycles. The third-order valence-corrected chi connectivity index (χ3v) is 4.55. The van der Waals surface area contributed by atoms with Crippen LogP contribution in [0.15, 0.2) is 28.2 Å². The minimum Gasteiger partial charge on any atom is -0.346 e. The number of halogens is 2. The molecule has 0 unspecified atom stereocenters. The maximum atomic E-state index is 12.2. The van der Waals surface area contributed by atoms with Gasteiger partial charge in [-0.25, -0.2) is 0 Å². The normalized spacial score (nSPS) is 11.0. The molecule has 0 fully saturated rings. The summed E-state index contributed by atoms with van der Waals surface area (Å²) in [7, 11) is 0. The molecule has 0 saturated carbocycles. The first-order valence-corrected chi connectivity index (χ1v) is 7.91. The zero-order chi connectivity index (χ0) is 14.0. The summed E-state index contributed by atoms with van der Waals surface area (Å²) in [5.74, 6) is -0.106. The van der Waals surface area contributed by atoms with Crippen molar-refractivity contribution < 1.29 is 4.79 Å². The Balaban J connectivity index is 2.07. The highest BCUT2D eigenvalue weighted by molar-refractivity contribution is 9.10. The van der Waals surface area contributed by atoms with Gasteiger partial charge >= 0.3 is 0 Å². The van der Waals surface area contributed by atoms with Gasteiger partial charge in [-0.05, 0) is 41.9 Å². The van der Waals surface area contributed by atoms with Crippen LogP contribution in [-0.2, 0) is 6.54 Å². The molecule has 0 atom stereocenters. The average Bonchev–Trinajstić information content (AvgIpc) is 2.92. The van der Waals surface area contributed by atoms with Crippen molar-refractivity contribution in [2.45, 2.75) is 26.4 Å². The molecule has 0 spiro atoms. The van der Waals surface area contributed by atoms with E-state index in [9.17, 15) is 4.79 Å². The molecular formula is C13H14BrClN2OS. The molecular weight excluding hydrogens is 348 g/mol. The van der Waals surface area contributed by atoms with Gasteiger partial charge in [0.25, 0.3) is 5.91 Å². The van der Waals surface area contributed by atoms with Crippen LogP contribution in [0.3, 0.4) is 0 Å². The van der Waals surface area contributed by atoms with Gasteiger partial charge < -0.3 is 9.88 Å². The molecule has 2 heterocycles. The first-order chi connectivity index (χ1) is 8.97. The molecule has 0 aliphatic carbocycles. The van der Waals surface area contributed by atoms with Crippen molar-refractivity contribution in [1.29, 1.82) is 0 Å². The fraction of sp³-hybridized carbons (Fsp3) is 0.308. The molecule has 3 nitrogen and oxygen atoms in total. The van der Waals surface area contributed by atoms with Crippen molar-refractivity contribution in [2.24, 2.45) is 0 Å². The smallest absolute Gasteiger partial charge is 0.268 e. The van der Waals surface area contributed by atoms with Gasteiger partial charge in [-0.15, -0.1) is 11.3 Å². The number of rotatable bonds is 4. The Labute approximate surface area is 129 Å². The number of thiophene rings is 1. The first kappa shape index (κ1) is 14.6. The zero-order valence-corrected chi connectivity index (χ0v) is 13.8. The Bertz CT molecular complexity index is 591. The second kappa shape index (κ2) is 6.11. The summed E-state index contributed by atoms with van der Waals surface area (Å²) in [5, 5.41) is 5.48. The number of hydrogen-bond acceptors (Lipinski definition) is 2. The van der Waals surface area contributed by atoms with E-state index >= 15 is 0 Å². The van der Waals surface area contributed by atoms with Gasteiger partial charge in [-0.1, -0.05) is 11.6 Å². The number of aromatic nitrogens is 1. The predicted molar refractivity (Wildman–Crippen MR) is 83.0 cm³/mol. The van der Waals surface area contributed by atoms with Crippen LogP contribution in [0.5, 0.6) is 0 Å². The van der Waals surface area contributed by atoms with Crippen LogP contribution in [-0.4, -0.2) is 10.5 Å². The number of nitrogens with zero attached hydrogens (tertiary/aromatic N) is 1. The van der Waals surface area contributed by atoms with Crippen molar-refractivity contribution in [3.63, 3.8) is 0 Å². The Hall–Kier alpha value is -0.780. The third-order valence-electron chi connectivity index (χ3n) is 2.65. The van der Waals surface area contributed by atoms with E-state index < -0.39 is 0 Å². The highest BCUT2D eigenvalue weighted by Crippen LogP contribution is 2.21. The Morgan fingerprint density at radius 3 is 2.84 bits per heavy atom. The number of carbonyl (C=O) groups excluding carboxylic acids is 1. The first-order valence-electron chi connectivity index (χ1n) is 5.86. The second-order valence-corrected chi connectivity index (χ2v) is 6.81. The van der Waals surface area contributed by atoms with Crippen molar-refractivity contribution in [2.75, 3.05) is 0 Å². The molecule has 0 aliphatic heterocycles. The Kier molecular flexibility index (Phi) is 4.71. The molecule has 2 rings (SSSR count). The number of amides is 1. The monoisotopic (exact) mass is 360 g/mol. The quantitative estimate of drug-likeness (QED) is 0.856. The summed E-state index contributed by atoms with van der Waals surface area (Å²) in [4.78, 5) is 13.3. The van der Waals surface area contributed by atoms with Crippen molar-refractivity contribution in [1.82, 2.24) is 9.88 Å². The molecule has 102 valence electrons. The van der Waals surface area contributed by atoms with E-state index in [0.29, 0.717) is 17.3 Å². The summed E-state index contributed by atoms with van der Waals surface area (Å²) >= 11 is 11.0. The predicted octanol–water partition coefficient (Wildman–Crippen LogP) is 4.48. The van der Waals surface area contributed by atoms with Gasteiger partial charge in [0, 0.05) is 27.0 Å². The summed E-state index contributed by atoms with van der Waals surface area (Å²) in [5.41, 5.74) is 0.593. The van der Waals surface area contributed by atoms with Gasteiger partial charge in [-0.3, -0.25) is 4.79 Å². The molecule has 0 saturated heterocycles. The fourth-order valence-electron chi connectivity index (χ4n) is 1.76. The van der Waals surface area contributed by atoms with Gasteiger partial charge in [-0.2, -0.15) is 0 Å². The van der Waals surface area contributed by atoms with E-state index in [2.05, 4.69) is 21.2 Å². The van der Waals surface area contributed by atoms with Gasteiger partial charge in [0.15, 0.2) is 0 Å².